The quantitative estimate of drug-likeness (QED) is 0.503. The maximum atomic E-state index is 12.4. The van der Waals surface area contributed by atoms with Crippen molar-refractivity contribution in [3.63, 3.8) is 0 Å². The number of methoxy groups -OCH3 is 1. The highest BCUT2D eigenvalue weighted by Crippen LogP contribution is 2.22. The van der Waals surface area contributed by atoms with Crippen molar-refractivity contribution in [2.75, 3.05) is 7.11 Å². The smallest absolute Gasteiger partial charge is 0.337 e. The number of rotatable bonds is 1. The third kappa shape index (κ3) is 1.77. The minimum Gasteiger partial charge on any atom is -0.465 e. The lowest BCUT2D eigenvalue weighted by molar-refractivity contribution is 0.0601. The van der Waals surface area contributed by atoms with Crippen LogP contribution in [0.1, 0.15) is 15.9 Å². The number of hydrogen-bond donors (Lipinski definition) is 0. The average molecular weight is 268 g/mol. The van der Waals surface area contributed by atoms with Crippen LogP contribution in [0.5, 0.6) is 0 Å². The fourth-order valence-corrected chi connectivity index (χ4v) is 2.26. The van der Waals surface area contributed by atoms with Crippen LogP contribution in [0.2, 0.25) is 0 Å². The zero-order valence-electron chi connectivity index (χ0n) is 11.1. The predicted molar refractivity (Wildman–Crippen MR) is 76.1 cm³/mol. The van der Waals surface area contributed by atoms with Gasteiger partial charge in [-0.1, -0.05) is 12.1 Å². The lowest BCUT2D eigenvalue weighted by atomic mass is 10.1. The highest BCUT2D eigenvalue weighted by atomic mass is 16.5. The Labute approximate surface area is 114 Å². The Hall–Kier alpha value is -2.62. The van der Waals surface area contributed by atoms with E-state index in [9.17, 15) is 9.59 Å². The number of ether oxygens (including phenoxy) is 1. The van der Waals surface area contributed by atoms with Gasteiger partial charge in [0.1, 0.15) is 11.2 Å². The zero-order chi connectivity index (χ0) is 14.3. The molecule has 0 spiro atoms. The van der Waals surface area contributed by atoms with Crippen molar-refractivity contribution in [3.05, 3.63) is 57.7 Å². The molecule has 4 heteroatoms. The highest BCUT2D eigenvalue weighted by Gasteiger charge is 2.12. The van der Waals surface area contributed by atoms with Gasteiger partial charge in [0.2, 0.25) is 5.43 Å². The second-order valence-electron chi connectivity index (χ2n) is 4.59. The van der Waals surface area contributed by atoms with E-state index in [1.807, 2.05) is 19.1 Å². The Kier molecular flexibility index (Phi) is 2.79. The standard InChI is InChI=1S/C16H12O4/c1-9-4-3-5-12-14(17)11-7-6-10(16(18)19-2)8-13(11)20-15(9)12/h3-8H,1-2H3. The first-order valence-corrected chi connectivity index (χ1v) is 6.16. The molecule has 0 bridgehead atoms. The van der Waals surface area contributed by atoms with Crippen LogP contribution in [0.3, 0.4) is 0 Å². The molecule has 1 heterocycles. The van der Waals surface area contributed by atoms with E-state index in [2.05, 4.69) is 4.74 Å². The number of carbonyl (C=O) groups excluding carboxylic acids is 1. The van der Waals surface area contributed by atoms with Crippen molar-refractivity contribution >= 4 is 27.9 Å². The summed E-state index contributed by atoms with van der Waals surface area (Å²) in [6.07, 6.45) is 0. The number of esters is 1. The third-order valence-corrected chi connectivity index (χ3v) is 3.32. The van der Waals surface area contributed by atoms with Crippen LogP contribution < -0.4 is 5.43 Å². The summed E-state index contributed by atoms with van der Waals surface area (Å²) in [5, 5.41) is 0.999. The van der Waals surface area contributed by atoms with Crippen molar-refractivity contribution in [2.45, 2.75) is 6.92 Å². The topological polar surface area (TPSA) is 56.5 Å². The fourth-order valence-electron chi connectivity index (χ4n) is 2.26. The van der Waals surface area contributed by atoms with Crippen molar-refractivity contribution in [2.24, 2.45) is 0 Å². The zero-order valence-corrected chi connectivity index (χ0v) is 11.1. The van der Waals surface area contributed by atoms with E-state index in [0.717, 1.165) is 5.56 Å². The lowest BCUT2D eigenvalue weighted by Gasteiger charge is -2.05. The average Bonchev–Trinajstić information content (AvgIpc) is 2.47. The molecule has 2 aromatic carbocycles. The molecule has 0 saturated carbocycles. The van der Waals surface area contributed by atoms with Crippen LogP contribution in [0.15, 0.2) is 45.6 Å². The first-order chi connectivity index (χ1) is 9.61. The summed E-state index contributed by atoms with van der Waals surface area (Å²) in [4.78, 5) is 23.9. The summed E-state index contributed by atoms with van der Waals surface area (Å²) in [7, 11) is 1.31. The molecule has 1 aromatic heterocycles. The Bertz CT molecular complexity index is 890. The van der Waals surface area contributed by atoms with Crippen molar-refractivity contribution < 1.29 is 13.9 Å². The Morgan fingerprint density at radius 1 is 1.15 bits per heavy atom. The van der Waals surface area contributed by atoms with Gasteiger partial charge in [-0.15, -0.1) is 0 Å². The Morgan fingerprint density at radius 2 is 1.95 bits per heavy atom. The van der Waals surface area contributed by atoms with Gasteiger partial charge in [0.05, 0.1) is 23.4 Å². The molecule has 0 N–H and O–H groups in total. The van der Waals surface area contributed by atoms with Gasteiger partial charge in [-0.3, -0.25) is 4.79 Å². The van der Waals surface area contributed by atoms with E-state index in [4.69, 9.17) is 4.42 Å². The Morgan fingerprint density at radius 3 is 2.70 bits per heavy atom. The number of benzene rings is 2. The van der Waals surface area contributed by atoms with E-state index < -0.39 is 5.97 Å². The number of hydrogen-bond acceptors (Lipinski definition) is 4. The van der Waals surface area contributed by atoms with E-state index >= 15 is 0 Å². The van der Waals surface area contributed by atoms with Gasteiger partial charge >= 0.3 is 5.97 Å². The molecule has 0 aliphatic carbocycles. The second-order valence-corrected chi connectivity index (χ2v) is 4.59. The van der Waals surface area contributed by atoms with E-state index in [0.29, 0.717) is 27.5 Å². The van der Waals surface area contributed by atoms with Gasteiger partial charge in [0.25, 0.3) is 0 Å². The number of aryl methyl sites for hydroxylation is 1. The molecule has 0 radical (unpaired) electrons. The Balaban J connectivity index is 2.42. The molecule has 3 rings (SSSR count). The summed E-state index contributed by atoms with van der Waals surface area (Å²) >= 11 is 0. The SMILES string of the molecule is COC(=O)c1ccc2c(=O)c3cccc(C)c3oc2c1. The van der Waals surface area contributed by atoms with Gasteiger partial charge in [-0.25, -0.2) is 4.79 Å². The molecule has 0 amide bonds. The number of para-hydroxylation sites is 1. The molecule has 0 saturated heterocycles. The molecule has 0 aliphatic heterocycles. The molecule has 4 nitrogen and oxygen atoms in total. The van der Waals surface area contributed by atoms with Gasteiger partial charge < -0.3 is 9.15 Å². The molecule has 0 fully saturated rings. The maximum Gasteiger partial charge on any atom is 0.337 e. The first-order valence-electron chi connectivity index (χ1n) is 6.16. The van der Waals surface area contributed by atoms with Gasteiger partial charge in [0, 0.05) is 0 Å². The summed E-state index contributed by atoms with van der Waals surface area (Å²) in [5.41, 5.74) is 2.08. The fraction of sp³-hybridized carbons (Fsp3) is 0.125. The van der Waals surface area contributed by atoms with Crippen molar-refractivity contribution in [1.29, 1.82) is 0 Å². The second kappa shape index (κ2) is 4.49. The highest BCUT2D eigenvalue weighted by molar-refractivity contribution is 5.96. The summed E-state index contributed by atoms with van der Waals surface area (Å²) in [6, 6.07) is 10.1. The van der Waals surface area contributed by atoms with Crippen LogP contribution in [-0.4, -0.2) is 13.1 Å². The van der Waals surface area contributed by atoms with Gasteiger partial charge in [-0.05, 0) is 36.8 Å². The van der Waals surface area contributed by atoms with Crippen LogP contribution in [0.4, 0.5) is 0 Å². The minimum absolute atomic E-state index is 0.0960. The largest absolute Gasteiger partial charge is 0.465 e. The van der Waals surface area contributed by atoms with Crippen molar-refractivity contribution in [1.82, 2.24) is 0 Å². The van der Waals surface area contributed by atoms with Crippen LogP contribution in [0.25, 0.3) is 21.9 Å². The normalized spacial score (nSPS) is 10.9. The summed E-state index contributed by atoms with van der Waals surface area (Å²) < 4.78 is 10.5. The van der Waals surface area contributed by atoms with Crippen LogP contribution in [-0.2, 0) is 4.74 Å². The monoisotopic (exact) mass is 268 g/mol. The molecule has 3 aromatic rings. The first kappa shape index (κ1) is 12.4. The van der Waals surface area contributed by atoms with Crippen molar-refractivity contribution in [3.8, 4) is 0 Å². The number of fused-ring (bicyclic) bond motifs is 2. The molecular formula is C16H12O4. The van der Waals surface area contributed by atoms with Crippen LogP contribution >= 0.6 is 0 Å². The predicted octanol–water partition coefficient (Wildman–Crippen LogP) is 3.04. The van der Waals surface area contributed by atoms with E-state index in [-0.39, 0.29) is 5.43 Å². The molecule has 100 valence electrons. The van der Waals surface area contributed by atoms with E-state index in [1.165, 1.54) is 13.2 Å². The summed E-state index contributed by atoms with van der Waals surface area (Å²) in [5.74, 6) is -0.459. The lowest BCUT2D eigenvalue weighted by Crippen LogP contribution is -2.05. The van der Waals surface area contributed by atoms with Crippen LogP contribution in [0, 0.1) is 6.92 Å². The molecule has 0 unspecified atom stereocenters. The van der Waals surface area contributed by atoms with E-state index in [1.54, 1.807) is 18.2 Å². The molecule has 0 aliphatic rings. The van der Waals surface area contributed by atoms with Gasteiger partial charge in [0.15, 0.2) is 0 Å². The maximum absolute atomic E-state index is 12.4. The minimum atomic E-state index is -0.459. The summed E-state index contributed by atoms with van der Waals surface area (Å²) in [6.45, 7) is 1.88. The third-order valence-electron chi connectivity index (χ3n) is 3.32. The van der Waals surface area contributed by atoms with Gasteiger partial charge in [-0.2, -0.15) is 0 Å². The molecule has 20 heavy (non-hydrogen) atoms. The molecule has 0 atom stereocenters. The number of carbonyl (C=O) groups is 1. The molecular weight excluding hydrogens is 256 g/mol.